The molecule has 0 bridgehead atoms. The maximum Gasteiger partial charge on any atom is 0.418 e. The standard InChI is InChI=1S/C21H19F3N4O3/c1-13(14-7-8-18-19(11-14)31-10-4-9-30-18)25-20(29)16-12-28(27-26-16)17-6-3-2-5-15(17)21(22,23)24/h2-3,5-8,11-13H,4,9-10H2,1H3,(H,25,29)/t13-/m1/s1. The van der Waals surface area contributed by atoms with Crippen LogP contribution in [0.25, 0.3) is 5.69 Å². The van der Waals surface area contributed by atoms with Gasteiger partial charge in [-0.2, -0.15) is 13.2 Å². The smallest absolute Gasteiger partial charge is 0.418 e. The number of rotatable bonds is 4. The van der Waals surface area contributed by atoms with Crippen LogP contribution in [0.1, 0.15) is 41.0 Å². The van der Waals surface area contributed by atoms with Gasteiger partial charge in [0, 0.05) is 6.42 Å². The van der Waals surface area contributed by atoms with E-state index in [4.69, 9.17) is 9.47 Å². The van der Waals surface area contributed by atoms with Crippen molar-refractivity contribution >= 4 is 5.91 Å². The Morgan fingerprint density at radius 3 is 2.65 bits per heavy atom. The van der Waals surface area contributed by atoms with Crippen LogP contribution in [0.3, 0.4) is 0 Å². The maximum absolute atomic E-state index is 13.2. The number of hydrogen-bond donors (Lipinski definition) is 1. The summed E-state index contributed by atoms with van der Waals surface area (Å²) in [6, 6.07) is 9.94. The molecule has 7 nitrogen and oxygen atoms in total. The Morgan fingerprint density at radius 1 is 1.13 bits per heavy atom. The Morgan fingerprint density at radius 2 is 1.87 bits per heavy atom. The molecular weight excluding hydrogens is 413 g/mol. The quantitative estimate of drug-likeness (QED) is 0.676. The first-order valence-corrected chi connectivity index (χ1v) is 9.62. The van der Waals surface area contributed by atoms with Gasteiger partial charge in [-0.3, -0.25) is 4.79 Å². The molecule has 1 aromatic heterocycles. The van der Waals surface area contributed by atoms with Gasteiger partial charge in [0.15, 0.2) is 17.2 Å². The maximum atomic E-state index is 13.2. The Kier molecular flexibility index (Phi) is 5.53. The average molecular weight is 432 g/mol. The fraction of sp³-hybridized carbons (Fsp3) is 0.286. The molecule has 2 aromatic carbocycles. The van der Waals surface area contributed by atoms with Crippen molar-refractivity contribution in [3.05, 3.63) is 65.5 Å². The summed E-state index contributed by atoms with van der Waals surface area (Å²) in [5, 5.41) is 10.2. The zero-order valence-electron chi connectivity index (χ0n) is 16.5. The second-order valence-electron chi connectivity index (χ2n) is 7.02. The van der Waals surface area contributed by atoms with Crippen LogP contribution in [0.2, 0.25) is 0 Å². The van der Waals surface area contributed by atoms with Crippen LogP contribution in [-0.2, 0) is 6.18 Å². The summed E-state index contributed by atoms with van der Waals surface area (Å²) in [4.78, 5) is 12.6. The molecule has 0 saturated carbocycles. The van der Waals surface area contributed by atoms with Crippen molar-refractivity contribution in [2.45, 2.75) is 25.6 Å². The van der Waals surface area contributed by atoms with E-state index in [1.165, 1.54) is 24.4 Å². The van der Waals surface area contributed by atoms with Gasteiger partial charge in [-0.25, -0.2) is 4.68 Å². The molecule has 4 rings (SSSR count). The second kappa shape index (κ2) is 8.29. The van der Waals surface area contributed by atoms with Gasteiger partial charge in [-0.15, -0.1) is 5.10 Å². The minimum Gasteiger partial charge on any atom is -0.490 e. The fourth-order valence-electron chi connectivity index (χ4n) is 3.20. The molecule has 0 saturated heterocycles. The number of carbonyl (C=O) groups excluding carboxylic acids is 1. The molecule has 0 radical (unpaired) electrons. The minimum absolute atomic E-state index is 0.0989. The number of hydrogen-bond acceptors (Lipinski definition) is 5. The highest BCUT2D eigenvalue weighted by Crippen LogP contribution is 2.34. The van der Waals surface area contributed by atoms with Crippen LogP contribution < -0.4 is 14.8 Å². The van der Waals surface area contributed by atoms with E-state index >= 15 is 0 Å². The predicted molar refractivity (Wildman–Crippen MR) is 104 cm³/mol. The number of alkyl halides is 3. The van der Waals surface area contributed by atoms with E-state index in [0.29, 0.717) is 24.7 Å². The SMILES string of the molecule is C[C@@H](NC(=O)c1cn(-c2ccccc2C(F)(F)F)nn1)c1ccc2c(c1)OCCCO2. The number of amides is 1. The first-order valence-electron chi connectivity index (χ1n) is 9.62. The summed E-state index contributed by atoms with van der Waals surface area (Å²) in [5.74, 6) is 0.687. The number of nitrogens with one attached hydrogen (secondary N) is 1. The zero-order chi connectivity index (χ0) is 22.0. The molecule has 0 unspecified atom stereocenters. The third kappa shape index (κ3) is 4.47. The number of carbonyl (C=O) groups is 1. The average Bonchev–Trinajstić information content (AvgIpc) is 3.12. The van der Waals surface area contributed by atoms with Crippen LogP contribution in [0, 0.1) is 0 Å². The van der Waals surface area contributed by atoms with Crippen LogP contribution in [0.5, 0.6) is 11.5 Å². The van der Waals surface area contributed by atoms with Crippen molar-refractivity contribution in [2.75, 3.05) is 13.2 Å². The number of ether oxygens (including phenoxy) is 2. The van der Waals surface area contributed by atoms with E-state index < -0.39 is 23.7 Å². The molecule has 1 N–H and O–H groups in total. The summed E-state index contributed by atoms with van der Waals surface area (Å²) >= 11 is 0. The third-order valence-electron chi connectivity index (χ3n) is 4.80. The molecule has 0 fully saturated rings. The van der Waals surface area contributed by atoms with Crippen molar-refractivity contribution in [1.29, 1.82) is 0 Å². The summed E-state index contributed by atoms with van der Waals surface area (Å²) < 4.78 is 51.9. The Hall–Kier alpha value is -3.56. The van der Waals surface area contributed by atoms with E-state index in [2.05, 4.69) is 15.6 Å². The Bertz CT molecular complexity index is 1100. The number of benzene rings is 2. The lowest BCUT2D eigenvalue weighted by atomic mass is 10.1. The van der Waals surface area contributed by atoms with Crippen molar-refractivity contribution in [3.8, 4) is 17.2 Å². The van der Waals surface area contributed by atoms with Crippen LogP contribution in [-0.4, -0.2) is 34.1 Å². The Labute approximate surface area is 175 Å². The molecule has 10 heteroatoms. The second-order valence-corrected chi connectivity index (χ2v) is 7.02. The summed E-state index contributed by atoms with van der Waals surface area (Å²) in [6.45, 7) is 2.89. The lowest BCUT2D eigenvalue weighted by molar-refractivity contribution is -0.137. The lowest BCUT2D eigenvalue weighted by Gasteiger charge is -2.15. The highest BCUT2D eigenvalue weighted by atomic mass is 19.4. The number of para-hydroxylation sites is 1. The van der Waals surface area contributed by atoms with Gasteiger partial charge in [0.05, 0.1) is 36.7 Å². The number of halogens is 3. The molecule has 1 atom stereocenters. The minimum atomic E-state index is -4.56. The van der Waals surface area contributed by atoms with Gasteiger partial charge in [0.25, 0.3) is 5.91 Å². The van der Waals surface area contributed by atoms with Crippen molar-refractivity contribution in [2.24, 2.45) is 0 Å². The van der Waals surface area contributed by atoms with Gasteiger partial charge in [-0.1, -0.05) is 23.4 Å². The zero-order valence-corrected chi connectivity index (χ0v) is 16.5. The third-order valence-corrected chi connectivity index (χ3v) is 4.80. The van der Waals surface area contributed by atoms with Crippen LogP contribution in [0.15, 0.2) is 48.7 Å². The van der Waals surface area contributed by atoms with E-state index in [1.54, 1.807) is 19.1 Å². The van der Waals surface area contributed by atoms with E-state index in [9.17, 15) is 18.0 Å². The van der Waals surface area contributed by atoms with E-state index in [1.807, 2.05) is 6.07 Å². The van der Waals surface area contributed by atoms with Gasteiger partial charge < -0.3 is 14.8 Å². The summed E-state index contributed by atoms with van der Waals surface area (Å²) in [5.41, 5.74) is -0.393. The lowest BCUT2D eigenvalue weighted by Crippen LogP contribution is -2.27. The number of nitrogens with zero attached hydrogens (tertiary/aromatic N) is 3. The van der Waals surface area contributed by atoms with Gasteiger partial charge in [0.2, 0.25) is 0 Å². The van der Waals surface area contributed by atoms with E-state index in [-0.39, 0.29) is 11.4 Å². The fourth-order valence-corrected chi connectivity index (χ4v) is 3.20. The largest absolute Gasteiger partial charge is 0.490 e. The molecule has 0 spiro atoms. The highest BCUT2D eigenvalue weighted by molar-refractivity contribution is 5.92. The molecule has 0 aliphatic carbocycles. The molecule has 162 valence electrons. The van der Waals surface area contributed by atoms with E-state index in [0.717, 1.165) is 22.7 Å². The summed E-state index contributed by atoms with van der Waals surface area (Å²) in [6.07, 6.45) is -2.61. The molecule has 1 aliphatic heterocycles. The molecule has 31 heavy (non-hydrogen) atoms. The normalized spacial score (nSPS) is 14.6. The molecular formula is C21H19F3N4O3. The summed E-state index contributed by atoms with van der Waals surface area (Å²) in [7, 11) is 0. The van der Waals surface area contributed by atoms with Crippen molar-refractivity contribution in [3.63, 3.8) is 0 Å². The molecule has 1 amide bonds. The topological polar surface area (TPSA) is 78.3 Å². The monoisotopic (exact) mass is 432 g/mol. The first kappa shape index (κ1) is 20.7. The molecule has 1 aliphatic rings. The van der Waals surface area contributed by atoms with Gasteiger partial charge >= 0.3 is 6.18 Å². The van der Waals surface area contributed by atoms with Crippen molar-refractivity contribution < 1.29 is 27.4 Å². The first-order chi connectivity index (χ1) is 14.8. The number of aromatic nitrogens is 3. The van der Waals surface area contributed by atoms with Gasteiger partial charge in [-0.05, 0) is 36.8 Å². The Balaban J connectivity index is 1.51. The molecule has 3 aromatic rings. The van der Waals surface area contributed by atoms with Crippen molar-refractivity contribution in [1.82, 2.24) is 20.3 Å². The predicted octanol–water partition coefficient (Wildman–Crippen LogP) is 3.94. The van der Waals surface area contributed by atoms with Crippen LogP contribution in [0.4, 0.5) is 13.2 Å². The van der Waals surface area contributed by atoms with Gasteiger partial charge in [0.1, 0.15) is 0 Å². The number of fused-ring (bicyclic) bond motifs is 1. The van der Waals surface area contributed by atoms with Crippen LogP contribution >= 0.6 is 0 Å². The highest BCUT2D eigenvalue weighted by Gasteiger charge is 2.34. The molecule has 2 heterocycles.